The van der Waals surface area contributed by atoms with E-state index in [0.29, 0.717) is 11.3 Å². The Kier molecular flexibility index (Phi) is 6.56. The van der Waals surface area contributed by atoms with E-state index in [1.165, 1.54) is 4.90 Å². The van der Waals surface area contributed by atoms with E-state index in [4.69, 9.17) is 10.4 Å². The molecule has 0 fully saturated rings. The van der Waals surface area contributed by atoms with Crippen LogP contribution in [0.25, 0.3) is 0 Å². The Morgan fingerprint density at radius 3 is 2.55 bits per heavy atom. The van der Waals surface area contributed by atoms with Crippen LogP contribution in [0.1, 0.15) is 5.56 Å². The first-order valence-corrected chi connectivity index (χ1v) is 5.96. The van der Waals surface area contributed by atoms with Crippen molar-refractivity contribution in [3.05, 3.63) is 29.8 Å². The fourth-order valence-corrected chi connectivity index (χ4v) is 1.60. The molecule has 0 aliphatic rings. The van der Waals surface area contributed by atoms with E-state index in [-0.39, 0.29) is 19.7 Å². The third-order valence-corrected chi connectivity index (χ3v) is 2.48. The lowest BCUT2D eigenvalue weighted by Crippen LogP contribution is -2.38. The van der Waals surface area contributed by atoms with Gasteiger partial charge in [-0.1, -0.05) is 0 Å². The van der Waals surface area contributed by atoms with Crippen LogP contribution in [-0.2, 0) is 4.79 Å². The van der Waals surface area contributed by atoms with E-state index in [1.807, 2.05) is 6.07 Å². The SMILES string of the molecule is N#Cc1ccc(NC(=O)CN(CCO)CC(F)F)cc1. The molecule has 0 saturated carbocycles. The first-order valence-electron chi connectivity index (χ1n) is 5.96. The summed E-state index contributed by atoms with van der Waals surface area (Å²) in [6.45, 7) is -1.09. The van der Waals surface area contributed by atoms with Gasteiger partial charge >= 0.3 is 0 Å². The average Bonchev–Trinajstić information content (AvgIpc) is 2.39. The fourth-order valence-electron chi connectivity index (χ4n) is 1.60. The van der Waals surface area contributed by atoms with Gasteiger partial charge in [0.15, 0.2) is 0 Å². The van der Waals surface area contributed by atoms with Gasteiger partial charge in [0.1, 0.15) is 0 Å². The van der Waals surface area contributed by atoms with Crippen LogP contribution in [0.5, 0.6) is 0 Å². The van der Waals surface area contributed by atoms with Crippen molar-refractivity contribution in [3.63, 3.8) is 0 Å². The summed E-state index contributed by atoms with van der Waals surface area (Å²) in [4.78, 5) is 12.9. The highest BCUT2D eigenvalue weighted by molar-refractivity contribution is 5.92. The molecule has 5 nitrogen and oxygen atoms in total. The van der Waals surface area contributed by atoms with Gasteiger partial charge in [-0.15, -0.1) is 0 Å². The largest absolute Gasteiger partial charge is 0.395 e. The topological polar surface area (TPSA) is 76.4 Å². The van der Waals surface area contributed by atoms with Crippen LogP contribution in [0, 0.1) is 11.3 Å². The van der Waals surface area contributed by atoms with Gasteiger partial charge in [0, 0.05) is 12.2 Å². The van der Waals surface area contributed by atoms with Gasteiger partial charge in [0.2, 0.25) is 5.91 Å². The van der Waals surface area contributed by atoms with Crippen LogP contribution < -0.4 is 5.32 Å². The minimum Gasteiger partial charge on any atom is -0.395 e. The number of aliphatic hydroxyl groups is 1. The molecule has 1 rings (SSSR count). The number of hydrogen-bond acceptors (Lipinski definition) is 4. The second kappa shape index (κ2) is 8.19. The standard InChI is InChI=1S/C13H15F2N3O2/c14-12(15)8-18(5-6-19)9-13(20)17-11-3-1-10(7-16)2-4-11/h1-4,12,19H,5-6,8-9H2,(H,17,20). The number of nitrogens with zero attached hydrogens (tertiary/aromatic N) is 2. The van der Waals surface area contributed by atoms with E-state index in [2.05, 4.69) is 5.32 Å². The third-order valence-electron chi connectivity index (χ3n) is 2.48. The zero-order valence-corrected chi connectivity index (χ0v) is 10.7. The number of hydrogen-bond donors (Lipinski definition) is 2. The highest BCUT2D eigenvalue weighted by Gasteiger charge is 2.15. The van der Waals surface area contributed by atoms with E-state index in [0.717, 1.165) is 0 Å². The molecule has 0 aromatic heterocycles. The Bertz CT molecular complexity index is 471. The smallest absolute Gasteiger partial charge is 0.251 e. The molecule has 0 bridgehead atoms. The van der Waals surface area contributed by atoms with Gasteiger partial charge in [-0.25, -0.2) is 8.78 Å². The number of halogens is 2. The Morgan fingerprint density at radius 2 is 2.05 bits per heavy atom. The maximum Gasteiger partial charge on any atom is 0.251 e. The Balaban J connectivity index is 2.53. The lowest BCUT2D eigenvalue weighted by atomic mass is 10.2. The van der Waals surface area contributed by atoms with Crippen molar-refractivity contribution in [1.29, 1.82) is 5.26 Å². The minimum absolute atomic E-state index is 0.00509. The molecule has 0 atom stereocenters. The van der Waals surface area contributed by atoms with Crippen LogP contribution in [0.2, 0.25) is 0 Å². The number of rotatable bonds is 7. The lowest BCUT2D eigenvalue weighted by molar-refractivity contribution is -0.117. The zero-order chi connectivity index (χ0) is 15.0. The lowest BCUT2D eigenvalue weighted by Gasteiger charge is -2.20. The summed E-state index contributed by atoms with van der Waals surface area (Å²) in [6.07, 6.45) is -2.57. The molecule has 0 spiro atoms. The first-order chi connectivity index (χ1) is 9.55. The highest BCUT2D eigenvalue weighted by Crippen LogP contribution is 2.09. The molecule has 7 heteroatoms. The highest BCUT2D eigenvalue weighted by atomic mass is 19.3. The molecule has 20 heavy (non-hydrogen) atoms. The molecule has 2 N–H and O–H groups in total. The quantitative estimate of drug-likeness (QED) is 0.784. The van der Waals surface area contributed by atoms with E-state index >= 15 is 0 Å². The number of anilines is 1. The minimum atomic E-state index is -2.57. The third kappa shape index (κ3) is 5.73. The van der Waals surface area contributed by atoms with Gasteiger partial charge in [-0.3, -0.25) is 9.69 Å². The summed E-state index contributed by atoms with van der Waals surface area (Å²) in [6, 6.07) is 8.14. The first kappa shape index (κ1) is 16.0. The zero-order valence-electron chi connectivity index (χ0n) is 10.7. The number of alkyl halides is 2. The van der Waals surface area contributed by atoms with E-state index in [9.17, 15) is 13.6 Å². The second-order valence-corrected chi connectivity index (χ2v) is 4.09. The monoisotopic (exact) mass is 283 g/mol. The summed E-state index contributed by atoms with van der Waals surface area (Å²) in [5.74, 6) is -0.455. The van der Waals surface area contributed by atoms with Crippen molar-refractivity contribution in [2.24, 2.45) is 0 Å². The number of carbonyl (C=O) groups excluding carboxylic acids is 1. The summed E-state index contributed by atoms with van der Waals surface area (Å²) >= 11 is 0. The maximum absolute atomic E-state index is 12.3. The summed E-state index contributed by atoms with van der Waals surface area (Å²) in [5.41, 5.74) is 0.942. The van der Waals surface area contributed by atoms with E-state index < -0.39 is 18.9 Å². The summed E-state index contributed by atoms with van der Waals surface area (Å²) in [7, 11) is 0. The maximum atomic E-state index is 12.3. The second-order valence-electron chi connectivity index (χ2n) is 4.09. The molecule has 0 radical (unpaired) electrons. The van der Waals surface area contributed by atoms with Crippen molar-refractivity contribution in [2.45, 2.75) is 6.43 Å². The predicted octanol–water partition coefficient (Wildman–Crippen LogP) is 1.06. The van der Waals surface area contributed by atoms with E-state index in [1.54, 1.807) is 24.3 Å². The van der Waals surface area contributed by atoms with Crippen LogP contribution in [0.15, 0.2) is 24.3 Å². The molecular weight excluding hydrogens is 268 g/mol. The van der Waals surface area contributed by atoms with Gasteiger partial charge < -0.3 is 10.4 Å². The van der Waals surface area contributed by atoms with Gasteiger partial charge in [-0.05, 0) is 24.3 Å². The molecule has 1 amide bonds. The number of amides is 1. The molecule has 0 aliphatic heterocycles. The summed E-state index contributed by atoms with van der Waals surface area (Å²) < 4.78 is 24.6. The molecular formula is C13H15F2N3O2. The molecule has 0 aliphatic carbocycles. The average molecular weight is 283 g/mol. The van der Waals surface area contributed by atoms with Gasteiger partial charge in [0.05, 0.1) is 31.3 Å². The number of benzene rings is 1. The van der Waals surface area contributed by atoms with Crippen LogP contribution in [0.3, 0.4) is 0 Å². The van der Waals surface area contributed by atoms with Crippen molar-refractivity contribution in [1.82, 2.24) is 4.90 Å². The van der Waals surface area contributed by atoms with Crippen molar-refractivity contribution >= 4 is 11.6 Å². The molecule has 0 saturated heterocycles. The normalized spacial score (nSPS) is 10.6. The van der Waals surface area contributed by atoms with Crippen molar-refractivity contribution in [2.75, 3.05) is 31.6 Å². The molecule has 108 valence electrons. The Morgan fingerprint density at radius 1 is 1.40 bits per heavy atom. The molecule has 1 aromatic carbocycles. The number of nitrogens with one attached hydrogen (secondary N) is 1. The van der Waals surface area contributed by atoms with Gasteiger partial charge in [-0.2, -0.15) is 5.26 Å². The predicted molar refractivity (Wildman–Crippen MR) is 69.3 cm³/mol. The van der Waals surface area contributed by atoms with Gasteiger partial charge in [0.25, 0.3) is 6.43 Å². The molecule has 0 heterocycles. The summed E-state index contributed by atoms with van der Waals surface area (Å²) in [5, 5.41) is 19.9. The van der Waals surface area contributed by atoms with Crippen molar-refractivity contribution in [3.8, 4) is 6.07 Å². The molecule has 0 unspecified atom stereocenters. The Hall–Kier alpha value is -2.04. The van der Waals surface area contributed by atoms with Crippen LogP contribution in [-0.4, -0.2) is 48.6 Å². The number of nitriles is 1. The van der Waals surface area contributed by atoms with Crippen molar-refractivity contribution < 1.29 is 18.7 Å². The number of aliphatic hydroxyl groups excluding tert-OH is 1. The van der Waals surface area contributed by atoms with Crippen LogP contribution in [0.4, 0.5) is 14.5 Å². The van der Waals surface area contributed by atoms with Crippen LogP contribution >= 0.6 is 0 Å². The number of carbonyl (C=O) groups is 1. The Labute approximate surface area is 115 Å². The fraction of sp³-hybridized carbons (Fsp3) is 0.385. The molecule has 1 aromatic rings.